The van der Waals surface area contributed by atoms with Crippen LogP contribution in [0.5, 0.6) is 5.75 Å². The molecule has 0 saturated carbocycles. The summed E-state index contributed by atoms with van der Waals surface area (Å²) in [5.74, 6) is 1.93. The van der Waals surface area contributed by atoms with Crippen LogP contribution in [0, 0.1) is 0 Å². The molecule has 0 saturated heterocycles. The number of ether oxygens (including phenoxy) is 1. The number of aromatic nitrogens is 1. The molecule has 1 aromatic heterocycles. The molecule has 3 heteroatoms. The quantitative estimate of drug-likeness (QED) is 0.791. The molecular weight excluding hydrogens is 230 g/mol. The van der Waals surface area contributed by atoms with E-state index in [9.17, 15) is 0 Å². The third kappa shape index (κ3) is 2.10. The molecule has 13 heavy (non-hydrogen) atoms. The molecule has 1 aliphatic carbocycles. The summed E-state index contributed by atoms with van der Waals surface area (Å²) in [5, 5.41) is 0. The van der Waals surface area contributed by atoms with Crippen molar-refractivity contribution in [2.45, 2.75) is 19.3 Å². The standard InChI is InChI=1S/C10H10BrNO/c11-9-7-12-6-5-10(9)13-8-3-1-2-4-8/h3,5-7H,1-2,4H2. The van der Waals surface area contributed by atoms with Crippen molar-refractivity contribution in [1.29, 1.82) is 0 Å². The second-order valence-corrected chi connectivity index (χ2v) is 3.83. The zero-order valence-corrected chi connectivity index (χ0v) is 8.75. The van der Waals surface area contributed by atoms with E-state index < -0.39 is 0 Å². The maximum atomic E-state index is 5.68. The van der Waals surface area contributed by atoms with E-state index in [1.54, 1.807) is 12.4 Å². The Morgan fingerprint density at radius 1 is 1.46 bits per heavy atom. The Kier molecular flexibility index (Phi) is 2.64. The van der Waals surface area contributed by atoms with Gasteiger partial charge in [0.15, 0.2) is 0 Å². The highest BCUT2D eigenvalue weighted by Gasteiger charge is 2.08. The molecule has 1 aliphatic rings. The lowest BCUT2D eigenvalue weighted by Crippen LogP contribution is -1.92. The van der Waals surface area contributed by atoms with E-state index >= 15 is 0 Å². The molecule has 1 heterocycles. The lowest BCUT2D eigenvalue weighted by molar-refractivity contribution is 0.408. The topological polar surface area (TPSA) is 22.1 Å². The van der Waals surface area contributed by atoms with Gasteiger partial charge in [-0.15, -0.1) is 0 Å². The van der Waals surface area contributed by atoms with Crippen molar-refractivity contribution in [3.8, 4) is 5.75 Å². The van der Waals surface area contributed by atoms with Crippen LogP contribution in [0.3, 0.4) is 0 Å². The molecule has 0 atom stereocenters. The van der Waals surface area contributed by atoms with Gasteiger partial charge in [0.25, 0.3) is 0 Å². The third-order valence-electron chi connectivity index (χ3n) is 1.98. The number of hydrogen-bond acceptors (Lipinski definition) is 2. The Morgan fingerprint density at radius 3 is 3.08 bits per heavy atom. The van der Waals surface area contributed by atoms with Crippen molar-refractivity contribution >= 4 is 15.9 Å². The van der Waals surface area contributed by atoms with Crippen LogP contribution in [0.15, 0.2) is 34.8 Å². The summed E-state index contributed by atoms with van der Waals surface area (Å²) < 4.78 is 6.59. The minimum absolute atomic E-state index is 0.850. The van der Waals surface area contributed by atoms with Crippen LogP contribution >= 0.6 is 15.9 Å². The van der Waals surface area contributed by atoms with Gasteiger partial charge < -0.3 is 4.74 Å². The van der Waals surface area contributed by atoms with E-state index in [-0.39, 0.29) is 0 Å². The number of halogens is 1. The van der Waals surface area contributed by atoms with E-state index in [0.29, 0.717) is 0 Å². The Bertz CT molecular complexity index is 335. The van der Waals surface area contributed by atoms with Crippen molar-refractivity contribution in [2.24, 2.45) is 0 Å². The van der Waals surface area contributed by atoms with Gasteiger partial charge in [0.05, 0.1) is 4.47 Å². The van der Waals surface area contributed by atoms with Crippen LogP contribution in [-0.4, -0.2) is 4.98 Å². The normalized spacial score (nSPS) is 15.6. The Labute approximate surface area is 85.8 Å². The lowest BCUT2D eigenvalue weighted by atomic mass is 10.3. The van der Waals surface area contributed by atoms with Gasteiger partial charge in [0, 0.05) is 24.9 Å². The van der Waals surface area contributed by atoms with E-state index in [4.69, 9.17) is 4.74 Å². The van der Waals surface area contributed by atoms with Gasteiger partial charge in [-0.25, -0.2) is 0 Å². The molecule has 0 fully saturated rings. The Hall–Kier alpha value is -0.830. The number of hydrogen-bond donors (Lipinski definition) is 0. The molecule has 0 radical (unpaired) electrons. The molecule has 0 amide bonds. The number of allylic oxidation sites excluding steroid dienone is 2. The monoisotopic (exact) mass is 239 g/mol. The van der Waals surface area contributed by atoms with Gasteiger partial charge in [0.2, 0.25) is 0 Å². The fourth-order valence-corrected chi connectivity index (χ4v) is 1.65. The van der Waals surface area contributed by atoms with Crippen LogP contribution in [0.4, 0.5) is 0 Å². The zero-order chi connectivity index (χ0) is 9.10. The highest BCUT2D eigenvalue weighted by atomic mass is 79.9. The van der Waals surface area contributed by atoms with Crippen LogP contribution in [0.25, 0.3) is 0 Å². The molecule has 68 valence electrons. The van der Waals surface area contributed by atoms with Crippen LogP contribution < -0.4 is 4.74 Å². The minimum atomic E-state index is 0.850. The van der Waals surface area contributed by atoms with Crippen molar-refractivity contribution < 1.29 is 4.74 Å². The van der Waals surface area contributed by atoms with Crippen LogP contribution in [0.1, 0.15) is 19.3 Å². The first-order chi connectivity index (χ1) is 6.36. The maximum Gasteiger partial charge on any atom is 0.144 e. The molecule has 0 bridgehead atoms. The van der Waals surface area contributed by atoms with Gasteiger partial charge in [-0.1, -0.05) is 0 Å². The average Bonchev–Trinajstić information content (AvgIpc) is 2.61. The van der Waals surface area contributed by atoms with E-state index in [1.165, 1.54) is 6.42 Å². The van der Waals surface area contributed by atoms with E-state index in [0.717, 1.165) is 28.8 Å². The molecule has 1 aromatic rings. The van der Waals surface area contributed by atoms with E-state index in [2.05, 4.69) is 27.0 Å². The maximum absolute atomic E-state index is 5.68. The number of nitrogens with zero attached hydrogens (tertiary/aromatic N) is 1. The largest absolute Gasteiger partial charge is 0.461 e. The SMILES string of the molecule is Brc1cnccc1OC1=CCCC1. The molecule has 0 unspecified atom stereocenters. The van der Waals surface area contributed by atoms with Crippen molar-refractivity contribution in [3.05, 3.63) is 34.8 Å². The summed E-state index contributed by atoms with van der Waals surface area (Å²) in [4.78, 5) is 3.97. The predicted octanol–water partition coefficient (Wildman–Crippen LogP) is 3.29. The van der Waals surface area contributed by atoms with Gasteiger partial charge in [-0.05, 0) is 34.8 Å². The van der Waals surface area contributed by atoms with Crippen LogP contribution in [0.2, 0.25) is 0 Å². The summed E-state index contributed by atoms with van der Waals surface area (Å²) in [6.45, 7) is 0. The number of rotatable bonds is 2. The summed E-state index contributed by atoms with van der Waals surface area (Å²) in [6.07, 6.45) is 9.01. The Morgan fingerprint density at radius 2 is 2.38 bits per heavy atom. The highest BCUT2D eigenvalue weighted by Crippen LogP contribution is 2.28. The zero-order valence-electron chi connectivity index (χ0n) is 7.16. The minimum Gasteiger partial charge on any atom is -0.461 e. The average molecular weight is 240 g/mol. The van der Waals surface area contributed by atoms with Gasteiger partial charge in [-0.2, -0.15) is 0 Å². The fraction of sp³-hybridized carbons (Fsp3) is 0.300. The van der Waals surface area contributed by atoms with E-state index in [1.807, 2.05) is 6.07 Å². The van der Waals surface area contributed by atoms with Crippen molar-refractivity contribution in [3.63, 3.8) is 0 Å². The molecule has 2 nitrogen and oxygen atoms in total. The van der Waals surface area contributed by atoms with Crippen LogP contribution in [-0.2, 0) is 0 Å². The molecule has 0 aromatic carbocycles. The molecule has 0 N–H and O–H groups in total. The summed E-state index contributed by atoms with van der Waals surface area (Å²) >= 11 is 3.39. The molecule has 0 spiro atoms. The van der Waals surface area contributed by atoms with Crippen molar-refractivity contribution in [2.75, 3.05) is 0 Å². The van der Waals surface area contributed by atoms with Gasteiger partial charge in [0.1, 0.15) is 11.5 Å². The molecular formula is C10H10BrNO. The number of pyridine rings is 1. The first-order valence-corrected chi connectivity index (χ1v) is 5.12. The Balaban J connectivity index is 2.13. The summed E-state index contributed by atoms with van der Waals surface area (Å²) in [5.41, 5.74) is 0. The molecule has 2 rings (SSSR count). The summed E-state index contributed by atoms with van der Waals surface area (Å²) in [6, 6.07) is 1.86. The van der Waals surface area contributed by atoms with Gasteiger partial charge in [-0.3, -0.25) is 4.98 Å². The second kappa shape index (κ2) is 3.92. The predicted molar refractivity (Wildman–Crippen MR) is 54.5 cm³/mol. The summed E-state index contributed by atoms with van der Waals surface area (Å²) in [7, 11) is 0. The smallest absolute Gasteiger partial charge is 0.144 e. The first-order valence-electron chi connectivity index (χ1n) is 4.32. The van der Waals surface area contributed by atoms with Crippen molar-refractivity contribution in [1.82, 2.24) is 4.98 Å². The second-order valence-electron chi connectivity index (χ2n) is 2.97. The molecule has 0 aliphatic heterocycles. The lowest BCUT2D eigenvalue weighted by Gasteiger charge is -2.06. The third-order valence-corrected chi connectivity index (χ3v) is 2.57. The van der Waals surface area contributed by atoms with Gasteiger partial charge >= 0.3 is 0 Å². The first kappa shape index (κ1) is 8.75. The fourth-order valence-electron chi connectivity index (χ4n) is 1.32. The highest BCUT2D eigenvalue weighted by molar-refractivity contribution is 9.10.